The quantitative estimate of drug-likeness (QED) is 0.0989. The average Bonchev–Trinajstić information content (AvgIpc) is 3.83. The Kier molecular flexibility index (Phi) is 10.2. The van der Waals surface area contributed by atoms with Crippen molar-refractivity contribution in [1.29, 1.82) is 0 Å². The summed E-state index contributed by atoms with van der Waals surface area (Å²) in [6, 6.07) is 12.0. The van der Waals surface area contributed by atoms with E-state index in [4.69, 9.17) is 21.1 Å². The summed E-state index contributed by atoms with van der Waals surface area (Å²) in [6.07, 6.45) is 4.33. The zero-order valence-corrected chi connectivity index (χ0v) is 25.8. The van der Waals surface area contributed by atoms with Crippen LogP contribution in [0.1, 0.15) is 41.9 Å². The first kappa shape index (κ1) is 31.9. The highest BCUT2D eigenvalue weighted by molar-refractivity contribution is 7.89. The standard InChI is InChI=1S/C31H33ClFN5O5S/c1-42-25-7-9-26(10-8-25)44(40,41)38-19-24(38)6-11-27-22(17-35-18-28(27)33)16-29(39)31(36-37-34)30(21-12-14-43-15-13-21)20-2-4-23(32)5-3-20/h2-5,7-10,17-18,21,24,30-31H,6,11-16,19H2,1H3/t24-,30-,31+,38?/m0/s1. The Morgan fingerprint density at radius 1 is 1.18 bits per heavy atom. The molecular weight excluding hydrogens is 609 g/mol. The minimum Gasteiger partial charge on any atom is -0.497 e. The van der Waals surface area contributed by atoms with E-state index in [9.17, 15) is 18.7 Å². The zero-order chi connectivity index (χ0) is 31.3. The molecule has 44 heavy (non-hydrogen) atoms. The number of aromatic nitrogens is 1. The van der Waals surface area contributed by atoms with Gasteiger partial charge in [0, 0.05) is 54.3 Å². The van der Waals surface area contributed by atoms with Crippen molar-refractivity contribution in [3.05, 3.63) is 98.9 Å². The van der Waals surface area contributed by atoms with Crippen molar-refractivity contribution in [2.24, 2.45) is 11.0 Å². The van der Waals surface area contributed by atoms with E-state index in [1.54, 1.807) is 24.3 Å². The molecule has 0 saturated carbocycles. The highest BCUT2D eigenvalue weighted by atomic mass is 35.5. The molecule has 1 aromatic heterocycles. The Hall–Kier alpha value is -3.54. The van der Waals surface area contributed by atoms with E-state index >= 15 is 4.39 Å². The van der Waals surface area contributed by atoms with E-state index in [2.05, 4.69) is 15.0 Å². The maximum atomic E-state index is 15.1. The molecule has 2 aliphatic rings. The maximum Gasteiger partial charge on any atom is 0.243 e. The number of rotatable bonds is 13. The van der Waals surface area contributed by atoms with Gasteiger partial charge in [0.25, 0.3) is 0 Å². The molecule has 2 fully saturated rings. The summed E-state index contributed by atoms with van der Waals surface area (Å²) in [6.45, 7) is 1.40. The number of Topliss-reactive ketones (excluding diaryl/α,β-unsaturated/α-hetero) is 1. The van der Waals surface area contributed by atoms with Crippen LogP contribution in [0.5, 0.6) is 5.75 Å². The normalized spacial score (nSPS) is 19.9. The van der Waals surface area contributed by atoms with Crippen molar-refractivity contribution in [3.8, 4) is 5.75 Å². The van der Waals surface area contributed by atoms with E-state index in [1.807, 2.05) is 12.1 Å². The van der Waals surface area contributed by atoms with Gasteiger partial charge in [0.2, 0.25) is 10.0 Å². The molecule has 0 spiro atoms. The van der Waals surface area contributed by atoms with Crippen LogP contribution < -0.4 is 4.74 Å². The van der Waals surface area contributed by atoms with Gasteiger partial charge in [-0.05, 0) is 90.2 Å². The van der Waals surface area contributed by atoms with E-state index in [-0.39, 0.29) is 35.5 Å². The fourth-order valence-electron chi connectivity index (χ4n) is 5.98. The molecule has 232 valence electrons. The van der Waals surface area contributed by atoms with Gasteiger partial charge in [0.15, 0.2) is 0 Å². The molecule has 0 amide bonds. The lowest BCUT2D eigenvalue weighted by molar-refractivity contribution is -0.120. The van der Waals surface area contributed by atoms with Crippen molar-refractivity contribution in [2.45, 2.75) is 55.0 Å². The number of carbonyl (C=O) groups is 1. The Balaban J connectivity index is 1.32. The number of sulfonamides is 1. The summed E-state index contributed by atoms with van der Waals surface area (Å²) in [5.74, 6) is -0.746. The van der Waals surface area contributed by atoms with Crippen LogP contribution in [0.25, 0.3) is 10.4 Å². The lowest BCUT2D eigenvalue weighted by atomic mass is 9.75. The molecule has 1 unspecified atom stereocenters. The van der Waals surface area contributed by atoms with Crippen LogP contribution in [0.3, 0.4) is 0 Å². The molecule has 13 heteroatoms. The van der Waals surface area contributed by atoms with Crippen molar-refractivity contribution >= 4 is 27.4 Å². The fraction of sp³-hybridized carbons (Fsp3) is 0.419. The van der Waals surface area contributed by atoms with Crippen molar-refractivity contribution in [1.82, 2.24) is 9.29 Å². The van der Waals surface area contributed by atoms with Gasteiger partial charge in [-0.3, -0.25) is 9.78 Å². The third-order valence-corrected chi connectivity index (χ3v) is 10.6. The molecular formula is C31H33ClFN5O5S. The van der Waals surface area contributed by atoms with Crippen LogP contribution in [0, 0.1) is 11.7 Å². The number of ketones is 1. The molecule has 0 radical (unpaired) electrons. The van der Waals surface area contributed by atoms with E-state index in [1.165, 1.54) is 29.7 Å². The number of methoxy groups -OCH3 is 1. The van der Waals surface area contributed by atoms with Gasteiger partial charge in [-0.1, -0.05) is 28.8 Å². The second kappa shape index (κ2) is 14.0. The molecule has 2 aliphatic heterocycles. The molecule has 3 aromatic rings. The van der Waals surface area contributed by atoms with Gasteiger partial charge in [0.1, 0.15) is 23.4 Å². The minimum atomic E-state index is -3.70. The number of hydrogen-bond acceptors (Lipinski definition) is 7. The van der Waals surface area contributed by atoms with Gasteiger partial charge in [-0.15, -0.1) is 0 Å². The predicted molar refractivity (Wildman–Crippen MR) is 163 cm³/mol. The Labute approximate surface area is 260 Å². The number of ether oxygens (including phenoxy) is 2. The topological polar surface area (TPSA) is 134 Å². The summed E-state index contributed by atoms with van der Waals surface area (Å²) >= 11 is 6.13. The van der Waals surface area contributed by atoms with Gasteiger partial charge in [-0.25, -0.2) is 12.8 Å². The summed E-state index contributed by atoms with van der Waals surface area (Å²) in [4.78, 5) is 21.0. The summed E-state index contributed by atoms with van der Waals surface area (Å²) in [5, 5.41) is 4.52. The molecule has 5 rings (SSSR count). The van der Waals surface area contributed by atoms with Crippen LogP contribution in [0.4, 0.5) is 4.39 Å². The summed E-state index contributed by atoms with van der Waals surface area (Å²) < 4.78 is 53.3. The van der Waals surface area contributed by atoms with Crippen molar-refractivity contribution in [2.75, 3.05) is 26.9 Å². The number of nitrogens with zero attached hydrogens (tertiary/aromatic N) is 5. The van der Waals surface area contributed by atoms with Crippen molar-refractivity contribution in [3.63, 3.8) is 0 Å². The van der Waals surface area contributed by atoms with E-state index in [0.717, 1.165) is 11.8 Å². The van der Waals surface area contributed by atoms with Crippen LogP contribution in [0.2, 0.25) is 5.02 Å². The molecule has 3 heterocycles. The summed E-state index contributed by atoms with van der Waals surface area (Å²) in [5.41, 5.74) is 11.0. The first-order valence-electron chi connectivity index (χ1n) is 14.4. The lowest BCUT2D eigenvalue weighted by Gasteiger charge is -2.34. The lowest BCUT2D eigenvalue weighted by Crippen LogP contribution is -2.35. The minimum absolute atomic E-state index is 0.0305. The molecule has 10 nitrogen and oxygen atoms in total. The maximum absolute atomic E-state index is 15.1. The van der Waals surface area contributed by atoms with Crippen LogP contribution in [-0.4, -0.2) is 62.4 Å². The van der Waals surface area contributed by atoms with Gasteiger partial charge in [0.05, 0.1) is 18.2 Å². The molecule has 2 aromatic carbocycles. The first-order valence-corrected chi connectivity index (χ1v) is 16.2. The predicted octanol–water partition coefficient (Wildman–Crippen LogP) is 5.89. The fourth-order valence-corrected chi connectivity index (χ4v) is 7.72. The number of halogens is 2. The number of pyridine rings is 1. The molecule has 0 N–H and O–H groups in total. The molecule has 4 atom stereocenters. The summed E-state index contributed by atoms with van der Waals surface area (Å²) in [7, 11) is -2.19. The monoisotopic (exact) mass is 641 g/mol. The second-order valence-corrected chi connectivity index (χ2v) is 13.3. The zero-order valence-electron chi connectivity index (χ0n) is 24.2. The third-order valence-electron chi connectivity index (χ3n) is 8.39. The highest BCUT2D eigenvalue weighted by Gasteiger charge is 2.44. The van der Waals surface area contributed by atoms with E-state index < -0.39 is 27.8 Å². The highest BCUT2D eigenvalue weighted by Crippen LogP contribution is 2.38. The smallest absolute Gasteiger partial charge is 0.243 e. The molecule has 0 aliphatic carbocycles. The SMILES string of the molecule is COc1ccc(S(=O)(=O)N2C[C@@H]2CCc2c(F)cncc2CC(=O)[C@@H](N=[N+]=[N-])[C@@H](c2ccc(Cl)cc2)C2CCOCC2)cc1. The van der Waals surface area contributed by atoms with Gasteiger partial charge < -0.3 is 9.47 Å². The number of benzene rings is 2. The average molecular weight is 642 g/mol. The number of hydrogen-bond donors (Lipinski definition) is 0. The molecule has 2 saturated heterocycles. The van der Waals surface area contributed by atoms with Crippen LogP contribution >= 0.6 is 11.6 Å². The third kappa shape index (κ3) is 7.22. The van der Waals surface area contributed by atoms with Crippen LogP contribution in [0.15, 0.2) is 70.9 Å². The largest absolute Gasteiger partial charge is 0.497 e. The Morgan fingerprint density at radius 3 is 2.55 bits per heavy atom. The molecule has 0 bridgehead atoms. The number of azide groups is 1. The van der Waals surface area contributed by atoms with Gasteiger partial charge in [-0.2, -0.15) is 4.31 Å². The second-order valence-electron chi connectivity index (χ2n) is 11.0. The van der Waals surface area contributed by atoms with Gasteiger partial charge >= 0.3 is 0 Å². The van der Waals surface area contributed by atoms with Crippen LogP contribution in [-0.2, 0) is 32.4 Å². The first-order chi connectivity index (χ1) is 21.2. The number of carbonyl (C=O) groups excluding carboxylic acids is 1. The Morgan fingerprint density at radius 2 is 1.89 bits per heavy atom. The Bertz CT molecular complexity index is 1630. The van der Waals surface area contributed by atoms with Crippen molar-refractivity contribution < 1.29 is 27.1 Å². The van der Waals surface area contributed by atoms with E-state index in [0.29, 0.717) is 60.9 Å².